The third-order valence-electron chi connectivity index (χ3n) is 1.90. The number of nitrogens with zero attached hydrogens (tertiary/aromatic N) is 1. The molecule has 84 valence electrons. The van der Waals surface area contributed by atoms with E-state index in [1.165, 1.54) is 0 Å². The number of halogens is 3. The molecule has 0 radical (unpaired) electrons. The van der Waals surface area contributed by atoms with Gasteiger partial charge in [0.05, 0.1) is 19.3 Å². The van der Waals surface area contributed by atoms with Crippen LogP contribution >= 0.6 is 11.6 Å². The third-order valence-corrected chi connectivity index (χ3v) is 3.84. The molecule has 1 rings (SSSR count). The Hall–Kier alpha value is 0.0200. The minimum atomic E-state index is -4.53. The Kier molecular flexibility index (Phi) is 4.05. The molecule has 1 aliphatic rings. The molecule has 0 spiro atoms. The van der Waals surface area contributed by atoms with Gasteiger partial charge >= 0.3 is 5.76 Å². The van der Waals surface area contributed by atoms with Gasteiger partial charge in [0.25, 0.3) is 10.0 Å². The zero-order valence-corrected chi connectivity index (χ0v) is 8.77. The number of sulfonamides is 1. The van der Waals surface area contributed by atoms with Gasteiger partial charge in [0.1, 0.15) is 0 Å². The number of rotatable bonds is 3. The Bertz CT molecular complexity index is 285. The van der Waals surface area contributed by atoms with Crippen LogP contribution in [0, 0.1) is 0 Å². The molecule has 1 aliphatic heterocycles. The van der Waals surface area contributed by atoms with Crippen molar-refractivity contribution in [2.75, 3.05) is 25.6 Å². The van der Waals surface area contributed by atoms with Gasteiger partial charge in [-0.15, -0.1) is 11.6 Å². The molecule has 0 aromatic carbocycles. The van der Waals surface area contributed by atoms with Crippen LogP contribution in [0.2, 0.25) is 0 Å². The molecule has 1 unspecified atom stereocenters. The van der Waals surface area contributed by atoms with Gasteiger partial charge in [-0.2, -0.15) is 13.1 Å². The number of hydrogen-bond donors (Lipinski definition) is 0. The second-order valence-corrected chi connectivity index (χ2v) is 4.96. The van der Waals surface area contributed by atoms with Crippen molar-refractivity contribution < 1.29 is 21.9 Å². The van der Waals surface area contributed by atoms with Crippen molar-refractivity contribution >= 4 is 21.6 Å². The summed E-state index contributed by atoms with van der Waals surface area (Å²) in [7, 11) is -4.53. The van der Waals surface area contributed by atoms with E-state index < -0.39 is 21.8 Å². The van der Waals surface area contributed by atoms with Crippen LogP contribution in [0.15, 0.2) is 0 Å². The minimum Gasteiger partial charge on any atom is -0.378 e. The summed E-state index contributed by atoms with van der Waals surface area (Å²) in [5.41, 5.74) is 0. The van der Waals surface area contributed by atoms with Crippen LogP contribution in [-0.2, 0) is 14.8 Å². The van der Waals surface area contributed by atoms with Crippen molar-refractivity contribution in [1.29, 1.82) is 0 Å². The van der Waals surface area contributed by atoms with E-state index in [4.69, 9.17) is 16.3 Å². The average molecular weight is 250 g/mol. The summed E-state index contributed by atoms with van der Waals surface area (Å²) in [4.78, 5) is 0. The molecule has 0 amide bonds. The summed E-state index contributed by atoms with van der Waals surface area (Å²) >= 11 is 5.45. The lowest BCUT2D eigenvalue weighted by atomic mass is 10.3. The highest BCUT2D eigenvalue weighted by Gasteiger charge is 2.38. The van der Waals surface area contributed by atoms with E-state index in [1.54, 1.807) is 0 Å². The third kappa shape index (κ3) is 2.33. The van der Waals surface area contributed by atoms with E-state index in [0.29, 0.717) is 4.31 Å². The molecule has 4 nitrogen and oxygen atoms in total. The van der Waals surface area contributed by atoms with Crippen molar-refractivity contribution in [3.8, 4) is 0 Å². The van der Waals surface area contributed by atoms with Crippen molar-refractivity contribution in [2.45, 2.75) is 11.8 Å². The molecule has 1 fully saturated rings. The molecule has 0 aromatic rings. The van der Waals surface area contributed by atoms with Crippen LogP contribution in [-0.4, -0.2) is 50.2 Å². The molecular weight excluding hydrogens is 240 g/mol. The van der Waals surface area contributed by atoms with Gasteiger partial charge in [-0.1, -0.05) is 0 Å². The predicted molar refractivity (Wildman–Crippen MR) is 47.0 cm³/mol. The zero-order valence-electron chi connectivity index (χ0n) is 7.20. The topological polar surface area (TPSA) is 46.6 Å². The lowest BCUT2D eigenvalue weighted by Crippen LogP contribution is -2.51. The van der Waals surface area contributed by atoms with Gasteiger partial charge in [-0.25, -0.2) is 8.42 Å². The van der Waals surface area contributed by atoms with Gasteiger partial charge in [-0.3, -0.25) is 0 Å². The SMILES string of the molecule is O=S(=O)(C(F)F)N1CCOCC1CCl. The first-order chi connectivity index (χ1) is 6.50. The highest BCUT2D eigenvalue weighted by molar-refractivity contribution is 7.89. The maximum atomic E-state index is 12.2. The molecule has 0 N–H and O–H groups in total. The highest BCUT2D eigenvalue weighted by Crippen LogP contribution is 2.18. The van der Waals surface area contributed by atoms with E-state index in [0.717, 1.165) is 0 Å². The fourth-order valence-corrected chi connectivity index (χ4v) is 2.62. The van der Waals surface area contributed by atoms with Gasteiger partial charge in [0.15, 0.2) is 0 Å². The first kappa shape index (κ1) is 12.1. The fourth-order valence-electron chi connectivity index (χ4n) is 1.20. The second kappa shape index (κ2) is 4.69. The maximum absolute atomic E-state index is 12.2. The van der Waals surface area contributed by atoms with Crippen molar-refractivity contribution in [3.05, 3.63) is 0 Å². The Morgan fingerprint density at radius 2 is 2.21 bits per heavy atom. The lowest BCUT2D eigenvalue weighted by molar-refractivity contribution is 0.0370. The summed E-state index contributed by atoms with van der Waals surface area (Å²) < 4.78 is 52.3. The number of alkyl halides is 3. The Morgan fingerprint density at radius 1 is 1.57 bits per heavy atom. The van der Waals surface area contributed by atoms with E-state index >= 15 is 0 Å². The Balaban J connectivity index is 2.83. The largest absolute Gasteiger partial charge is 0.378 e. The van der Waals surface area contributed by atoms with Crippen LogP contribution in [0.4, 0.5) is 8.78 Å². The Morgan fingerprint density at radius 3 is 2.71 bits per heavy atom. The molecule has 0 aliphatic carbocycles. The van der Waals surface area contributed by atoms with Crippen molar-refractivity contribution in [2.24, 2.45) is 0 Å². The van der Waals surface area contributed by atoms with E-state index in [1.807, 2.05) is 0 Å². The van der Waals surface area contributed by atoms with Crippen LogP contribution in [0.25, 0.3) is 0 Å². The van der Waals surface area contributed by atoms with Crippen molar-refractivity contribution in [3.63, 3.8) is 0 Å². The van der Waals surface area contributed by atoms with Crippen molar-refractivity contribution in [1.82, 2.24) is 4.31 Å². The summed E-state index contributed by atoms with van der Waals surface area (Å²) in [5.74, 6) is -3.45. The van der Waals surface area contributed by atoms with E-state index in [2.05, 4.69) is 0 Å². The van der Waals surface area contributed by atoms with Crippen LogP contribution in [0.5, 0.6) is 0 Å². The standard InChI is InChI=1S/C6H10ClF2NO3S/c7-3-5-4-13-2-1-10(5)14(11,12)6(8)9/h5-6H,1-4H2. The van der Waals surface area contributed by atoms with Gasteiger partial charge < -0.3 is 4.74 Å². The number of hydrogen-bond acceptors (Lipinski definition) is 3. The highest BCUT2D eigenvalue weighted by atomic mass is 35.5. The quantitative estimate of drug-likeness (QED) is 0.684. The molecule has 1 heterocycles. The molecule has 0 bridgehead atoms. The maximum Gasteiger partial charge on any atom is 0.350 e. The molecule has 8 heteroatoms. The van der Waals surface area contributed by atoms with Crippen LogP contribution in [0.3, 0.4) is 0 Å². The zero-order chi connectivity index (χ0) is 10.8. The summed E-state index contributed by atoms with van der Waals surface area (Å²) in [6.45, 7) is 0.124. The normalized spacial score (nSPS) is 25.6. The summed E-state index contributed by atoms with van der Waals surface area (Å²) in [6.07, 6.45) is 0. The monoisotopic (exact) mass is 249 g/mol. The number of ether oxygens (including phenoxy) is 1. The summed E-state index contributed by atoms with van der Waals surface area (Å²) in [6, 6.07) is -0.690. The minimum absolute atomic E-state index is 0.0497. The van der Waals surface area contributed by atoms with E-state index in [9.17, 15) is 17.2 Å². The Labute approximate surface area is 85.8 Å². The summed E-state index contributed by atoms with van der Waals surface area (Å²) in [5, 5.41) is 0. The first-order valence-electron chi connectivity index (χ1n) is 3.92. The van der Waals surface area contributed by atoms with Gasteiger partial charge in [0.2, 0.25) is 0 Å². The molecule has 14 heavy (non-hydrogen) atoms. The molecular formula is C6H10ClF2NO3S. The lowest BCUT2D eigenvalue weighted by Gasteiger charge is -2.32. The van der Waals surface area contributed by atoms with Crippen LogP contribution < -0.4 is 0 Å². The molecule has 1 atom stereocenters. The molecule has 0 saturated carbocycles. The van der Waals surface area contributed by atoms with Gasteiger partial charge in [0, 0.05) is 12.4 Å². The van der Waals surface area contributed by atoms with E-state index in [-0.39, 0.29) is 25.6 Å². The second-order valence-electron chi connectivity index (χ2n) is 2.80. The number of morpholine rings is 1. The molecule has 0 aromatic heterocycles. The van der Waals surface area contributed by atoms with Crippen LogP contribution in [0.1, 0.15) is 0 Å². The fraction of sp³-hybridized carbons (Fsp3) is 1.00. The smallest absolute Gasteiger partial charge is 0.350 e. The predicted octanol–water partition coefficient (Wildman–Crippen LogP) is 0.478. The first-order valence-corrected chi connectivity index (χ1v) is 5.96. The van der Waals surface area contributed by atoms with Gasteiger partial charge in [-0.05, 0) is 0 Å². The molecule has 1 saturated heterocycles. The average Bonchev–Trinajstić information content (AvgIpc) is 2.17.